The van der Waals surface area contributed by atoms with Crippen LogP contribution in [0.15, 0.2) is 42.5 Å². The molecule has 0 aliphatic carbocycles. The van der Waals surface area contributed by atoms with E-state index in [1.807, 2.05) is 0 Å². The molecule has 3 amide bonds. The summed E-state index contributed by atoms with van der Waals surface area (Å²) in [7, 11) is 0. The van der Waals surface area contributed by atoms with E-state index < -0.39 is 59.9 Å². The molecule has 3 atom stereocenters. The van der Waals surface area contributed by atoms with Crippen molar-refractivity contribution in [3.05, 3.63) is 65.0 Å². The number of hydrogen-bond acceptors (Lipinski definition) is 6. The SMILES string of the molecule is NC(=O)CC1NC(=O)CCCCCOc2cc(F)cc(c2)CC(C(O)CNCc2cccc(C(F)(F)F)c2)NC1=O. The first-order valence-electron chi connectivity index (χ1n) is 13.3. The van der Waals surface area contributed by atoms with Crippen LogP contribution in [0.3, 0.4) is 0 Å². The summed E-state index contributed by atoms with van der Waals surface area (Å²) in [5.74, 6) is -2.38. The highest BCUT2D eigenvalue weighted by molar-refractivity contribution is 5.91. The van der Waals surface area contributed by atoms with Crippen molar-refractivity contribution in [2.75, 3.05) is 13.2 Å². The van der Waals surface area contributed by atoms with Gasteiger partial charge in [0.05, 0.1) is 30.7 Å². The van der Waals surface area contributed by atoms with E-state index in [0.29, 0.717) is 30.4 Å². The summed E-state index contributed by atoms with van der Waals surface area (Å²) in [5, 5.41) is 19.0. The number of amides is 3. The van der Waals surface area contributed by atoms with Crippen LogP contribution in [-0.2, 0) is 33.5 Å². The Morgan fingerprint density at radius 3 is 2.63 bits per heavy atom. The van der Waals surface area contributed by atoms with Gasteiger partial charge in [-0.1, -0.05) is 18.2 Å². The summed E-state index contributed by atoms with van der Waals surface area (Å²) in [4.78, 5) is 37.2. The summed E-state index contributed by atoms with van der Waals surface area (Å²) in [6.07, 6.45) is -4.52. The maximum Gasteiger partial charge on any atom is 0.416 e. The molecule has 0 saturated heterocycles. The zero-order valence-corrected chi connectivity index (χ0v) is 22.3. The lowest BCUT2D eigenvalue weighted by molar-refractivity contribution is -0.137. The van der Waals surface area contributed by atoms with Crippen molar-refractivity contribution >= 4 is 17.7 Å². The lowest BCUT2D eigenvalue weighted by atomic mass is 9.99. The fourth-order valence-electron chi connectivity index (χ4n) is 4.44. The van der Waals surface area contributed by atoms with Crippen molar-refractivity contribution in [3.63, 3.8) is 0 Å². The number of fused-ring (bicyclic) bond motifs is 2. The number of aliphatic hydroxyl groups is 1. The fourth-order valence-corrected chi connectivity index (χ4v) is 4.44. The predicted molar refractivity (Wildman–Crippen MR) is 141 cm³/mol. The third-order valence-corrected chi connectivity index (χ3v) is 6.49. The van der Waals surface area contributed by atoms with Gasteiger partial charge in [-0.3, -0.25) is 14.4 Å². The fraction of sp³-hybridized carbons (Fsp3) is 0.464. The second-order valence-electron chi connectivity index (χ2n) is 9.96. The maximum absolute atomic E-state index is 14.4. The van der Waals surface area contributed by atoms with Crippen molar-refractivity contribution in [1.29, 1.82) is 0 Å². The summed E-state index contributed by atoms with van der Waals surface area (Å²) in [6.45, 7) is 0.115. The standard InChI is InChI=1S/C28H34F4N4O5/c29-20-10-18-11-21(13-20)41-8-3-1-2-7-26(39)35-23(14-25(33)38)27(40)36-22(12-18)24(37)16-34-15-17-5-4-6-19(9-17)28(30,31)32/h4-6,9-11,13,22-24,34,37H,1-3,7-8,12,14-16H2,(H2,33,38)(H,35,39)(H,36,40). The first kappa shape index (κ1) is 31.8. The van der Waals surface area contributed by atoms with Crippen LogP contribution in [0.5, 0.6) is 5.75 Å². The molecule has 13 heteroatoms. The van der Waals surface area contributed by atoms with Crippen LogP contribution in [0.1, 0.15) is 48.8 Å². The second kappa shape index (κ2) is 14.8. The average Bonchev–Trinajstić information content (AvgIpc) is 2.88. The van der Waals surface area contributed by atoms with Gasteiger partial charge in [-0.25, -0.2) is 4.39 Å². The highest BCUT2D eigenvalue weighted by Gasteiger charge is 2.31. The van der Waals surface area contributed by atoms with Gasteiger partial charge >= 0.3 is 6.18 Å². The van der Waals surface area contributed by atoms with Gasteiger partial charge in [0.2, 0.25) is 17.7 Å². The maximum atomic E-state index is 14.4. The lowest BCUT2D eigenvalue weighted by Crippen LogP contribution is -2.55. The van der Waals surface area contributed by atoms with Gasteiger partial charge in [0.25, 0.3) is 0 Å². The second-order valence-corrected chi connectivity index (χ2v) is 9.96. The molecule has 224 valence electrons. The summed E-state index contributed by atoms with van der Waals surface area (Å²) >= 11 is 0. The molecule has 1 heterocycles. The average molecular weight is 583 g/mol. The minimum absolute atomic E-state index is 0.0139. The van der Waals surface area contributed by atoms with Gasteiger partial charge in [0, 0.05) is 25.6 Å². The lowest BCUT2D eigenvalue weighted by Gasteiger charge is -2.27. The first-order valence-corrected chi connectivity index (χ1v) is 13.3. The monoisotopic (exact) mass is 582 g/mol. The topological polar surface area (TPSA) is 143 Å². The number of nitrogens with one attached hydrogen (secondary N) is 3. The number of rotatable bonds is 7. The molecule has 9 nitrogen and oxygen atoms in total. The Hall–Kier alpha value is -3.71. The molecule has 2 aromatic carbocycles. The van der Waals surface area contributed by atoms with Crippen LogP contribution in [0.2, 0.25) is 0 Å². The first-order chi connectivity index (χ1) is 19.4. The Morgan fingerprint density at radius 1 is 1.12 bits per heavy atom. The van der Waals surface area contributed by atoms with E-state index in [-0.39, 0.29) is 38.3 Å². The van der Waals surface area contributed by atoms with E-state index in [0.717, 1.165) is 12.1 Å². The van der Waals surface area contributed by atoms with Gasteiger partial charge in [-0.05, 0) is 55.0 Å². The number of hydrogen-bond donors (Lipinski definition) is 5. The molecule has 0 radical (unpaired) electrons. The number of nitrogens with two attached hydrogens (primary N) is 1. The molecule has 1 aliphatic rings. The zero-order valence-electron chi connectivity index (χ0n) is 22.3. The molecule has 2 aromatic rings. The van der Waals surface area contributed by atoms with E-state index in [4.69, 9.17) is 10.5 Å². The largest absolute Gasteiger partial charge is 0.493 e. The summed E-state index contributed by atoms with van der Waals surface area (Å²) in [6, 6.07) is 6.37. The molecule has 3 rings (SSSR count). The molecule has 0 spiro atoms. The Labute approximate surface area is 234 Å². The van der Waals surface area contributed by atoms with E-state index >= 15 is 0 Å². The highest BCUT2D eigenvalue weighted by Crippen LogP contribution is 2.29. The van der Waals surface area contributed by atoms with Crippen molar-refractivity contribution < 1.29 is 41.8 Å². The van der Waals surface area contributed by atoms with Crippen molar-refractivity contribution in [3.8, 4) is 5.75 Å². The van der Waals surface area contributed by atoms with Gasteiger partial charge in [0.15, 0.2) is 0 Å². The van der Waals surface area contributed by atoms with Crippen molar-refractivity contribution in [1.82, 2.24) is 16.0 Å². The van der Waals surface area contributed by atoms with E-state index in [2.05, 4.69) is 16.0 Å². The van der Waals surface area contributed by atoms with E-state index in [1.54, 1.807) is 6.07 Å². The molecule has 0 fully saturated rings. The zero-order chi connectivity index (χ0) is 30.0. The number of carbonyl (C=O) groups excluding carboxylic acids is 3. The molecular weight excluding hydrogens is 548 g/mol. The number of primary amides is 1. The van der Waals surface area contributed by atoms with Crippen LogP contribution in [0.25, 0.3) is 0 Å². The van der Waals surface area contributed by atoms with Gasteiger partial charge < -0.3 is 31.5 Å². The molecule has 3 unspecified atom stereocenters. The molecule has 0 saturated carbocycles. The van der Waals surface area contributed by atoms with Crippen LogP contribution < -0.4 is 26.4 Å². The molecule has 2 bridgehead atoms. The molecule has 6 N–H and O–H groups in total. The van der Waals surface area contributed by atoms with Crippen LogP contribution in [0, 0.1) is 5.82 Å². The van der Waals surface area contributed by atoms with Crippen LogP contribution in [-0.4, -0.2) is 54.2 Å². The normalized spacial score (nSPS) is 19.9. The van der Waals surface area contributed by atoms with E-state index in [9.17, 15) is 37.1 Å². The minimum Gasteiger partial charge on any atom is -0.493 e. The molecule has 41 heavy (non-hydrogen) atoms. The Kier molecular flexibility index (Phi) is 11.5. The van der Waals surface area contributed by atoms with Crippen molar-refractivity contribution in [2.45, 2.75) is 69.4 Å². The van der Waals surface area contributed by atoms with Crippen LogP contribution >= 0.6 is 0 Å². The molecule has 0 aromatic heterocycles. The number of aliphatic hydroxyl groups excluding tert-OH is 1. The molecule has 1 aliphatic heterocycles. The van der Waals surface area contributed by atoms with Gasteiger partial charge in [-0.15, -0.1) is 0 Å². The van der Waals surface area contributed by atoms with Gasteiger partial charge in [-0.2, -0.15) is 13.2 Å². The van der Waals surface area contributed by atoms with Gasteiger partial charge in [0.1, 0.15) is 17.6 Å². The smallest absolute Gasteiger partial charge is 0.416 e. The Morgan fingerprint density at radius 2 is 1.90 bits per heavy atom. The predicted octanol–water partition coefficient (Wildman–Crippen LogP) is 2.34. The number of benzene rings is 2. The summed E-state index contributed by atoms with van der Waals surface area (Å²) in [5.41, 5.74) is 5.19. The number of halogens is 4. The summed E-state index contributed by atoms with van der Waals surface area (Å²) < 4.78 is 59.1. The Balaban J connectivity index is 1.80. The Bertz CT molecular complexity index is 1210. The molecular formula is C28H34F4N4O5. The minimum atomic E-state index is -4.51. The number of alkyl halides is 3. The quantitative estimate of drug-likeness (QED) is 0.317. The third-order valence-electron chi connectivity index (χ3n) is 6.49. The van der Waals surface area contributed by atoms with E-state index in [1.165, 1.54) is 24.3 Å². The number of ether oxygens (including phenoxy) is 1. The van der Waals surface area contributed by atoms with Crippen LogP contribution in [0.4, 0.5) is 17.6 Å². The van der Waals surface area contributed by atoms with Crippen molar-refractivity contribution in [2.24, 2.45) is 5.73 Å². The number of carbonyl (C=O) groups is 3. The highest BCUT2D eigenvalue weighted by atomic mass is 19.4. The third kappa shape index (κ3) is 10.7.